The van der Waals surface area contributed by atoms with Crippen molar-refractivity contribution in [2.45, 2.75) is 19.1 Å². The molecule has 1 atom stereocenters. The van der Waals surface area contributed by atoms with E-state index in [0.29, 0.717) is 12.5 Å². The van der Waals surface area contributed by atoms with Crippen molar-refractivity contribution in [3.8, 4) is 5.88 Å². The topological polar surface area (TPSA) is 56.3 Å². The van der Waals surface area contributed by atoms with Gasteiger partial charge in [-0.2, -0.15) is 0 Å². The highest BCUT2D eigenvalue weighted by atomic mass is 16.5. The molecule has 0 aromatic carbocycles. The summed E-state index contributed by atoms with van der Waals surface area (Å²) in [6.45, 7) is 3.22. The van der Waals surface area contributed by atoms with E-state index in [-0.39, 0.29) is 6.04 Å². The predicted molar refractivity (Wildman–Crippen MR) is 83.8 cm³/mol. The molecule has 0 saturated carbocycles. The predicted octanol–water partition coefficient (Wildman–Crippen LogP) is 2.51. The summed E-state index contributed by atoms with van der Waals surface area (Å²) in [7, 11) is 0. The zero-order valence-corrected chi connectivity index (χ0v) is 12.7. The number of ether oxygens (including phenoxy) is 1. The Morgan fingerprint density at radius 3 is 3.13 bits per heavy atom. The van der Waals surface area contributed by atoms with Gasteiger partial charge in [0.25, 0.3) is 0 Å². The van der Waals surface area contributed by atoms with Gasteiger partial charge in [0.15, 0.2) is 0 Å². The molecule has 1 unspecified atom stereocenters. The summed E-state index contributed by atoms with van der Waals surface area (Å²) in [4.78, 5) is 10.9. The van der Waals surface area contributed by atoms with Crippen LogP contribution < -0.4 is 4.74 Å². The minimum atomic E-state index is 0.218. The van der Waals surface area contributed by atoms with E-state index in [1.165, 1.54) is 11.3 Å². The second-order valence-electron chi connectivity index (χ2n) is 5.73. The molecule has 1 aliphatic rings. The van der Waals surface area contributed by atoms with Crippen LogP contribution in [0.5, 0.6) is 5.88 Å². The van der Waals surface area contributed by atoms with E-state index in [1.54, 1.807) is 18.7 Å². The summed E-state index contributed by atoms with van der Waals surface area (Å²) in [6, 6.07) is 7.91. The number of fused-ring (bicyclic) bond motifs is 1. The third kappa shape index (κ3) is 3.12. The van der Waals surface area contributed by atoms with Gasteiger partial charge in [-0.15, -0.1) is 0 Å². The largest absolute Gasteiger partial charge is 0.475 e. The standard InChI is InChI=1S/C17H18N4O2/c1-2-5-19-17(3-1)23-12-16-10-20(8-14-4-6-22-11-14)9-15-7-18-13-21(15)16/h1-7,11,13,16H,8-10,12H2. The van der Waals surface area contributed by atoms with Gasteiger partial charge >= 0.3 is 0 Å². The van der Waals surface area contributed by atoms with E-state index in [1.807, 2.05) is 36.8 Å². The first-order valence-electron chi connectivity index (χ1n) is 7.66. The number of hydrogen-bond acceptors (Lipinski definition) is 5. The lowest BCUT2D eigenvalue weighted by atomic mass is 10.1. The Balaban J connectivity index is 1.47. The van der Waals surface area contributed by atoms with Crippen molar-refractivity contribution in [3.63, 3.8) is 0 Å². The highest BCUT2D eigenvalue weighted by Gasteiger charge is 2.25. The number of nitrogens with zero attached hydrogens (tertiary/aromatic N) is 4. The van der Waals surface area contributed by atoms with Crippen LogP contribution in [-0.4, -0.2) is 32.6 Å². The fourth-order valence-corrected chi connectivity index (χ4v) is 2.97. The van der Waals surface area contributed by atoms with E-state index in [2.05, 4.69) is 19.4 Å². The van der Waals surface area contributed by atoms with Crippen molar-refractivity contribution in [1.82, 2.24) is 19.4 Å². The van der Waals surface area contributed by atoms with Gasteiger partial charge in [0.05, 0.1) is 30.6 Å². The molecule has 1 aliphatic heterocycles. The van der Waals surface area contributed by atoms with Crippen molar-refractivity contribution in [2.24, 2.45) is 0 Å². The van der Waals surface area contributed by atoms with Crippen LogP contribution in [-0.2, 0) is 13.1 Å². The second-order valence-corrected chi connectivity index (χ2v) is 5.73. The molecule has 0 bridgehead atoms. The Bertz CT molecular complexity index is 739. The van der Waals surface area contributed by atoms with Crippen molar-refractivity contribution >= 4 is 0 Å². The molecule has 0 amide bonds. The first kappa shape index (κ1) is 14.0. The van der Waals surface area contributed by atoms with Crippen molar-refractivity contribution in [3.05, 3.63) is 66.8 Å². The maximum Gasteiger partial charge on any atom is 0.213 e. The van der Waals surface area contributed by atoms with Crippen LogP contribution in [0.2, 0.25) is 0 Å². The van der Waals surface area contributed by atoms with Gasteiger partial charge in [0, 0.05) is 43.7 Å². The molecular weight excluding hydrogens is 292 g/mol. The number of furan rings is 1. The second kappa shape index (κ2) is 6.26. The Morgan fingerprint density at radius 2 is 2.30 bits per heavy atom. The highest BCUT2D eigenvalue weighted by Crippen LogP contribution is 2.23. The summed E-state index contributed by atoms with van der Waals surface area (Å²) in [5, 5.41) is 0. The lowest BCUT2D eigenvalue weighted by Gasteiger charge is -2.34. The van der Waals surface area contributed by atoms with Gasteiger partial charge < -0.3 is 13.7 Å². The number of imidazole rings is 1. The Kier molecular flexibility index (Phi) is 3.81. The first-order chi connectivity index (χ1) is 11.4. The van der Waals surface area contributed by atoms with E-state index in [4.69, 9.17) is 9.15 Å². The van der Waals surface area contributed by atoms with Crippen LogP contribution in [0.25, 0.3) is 0 Å². The van der Waals surface area contributed by atoms with E-state index in [0.717, 1.165) is 19.6 Å². The first-order valence-corrected chi connectivity index (χ1v) is 7.66. The van der Waals surface area contributed by atoms with Crippen LogP contribution in [0, 0.1) is 0 Å². The molecule has 0 saturated heterocycles. The molecule has 23 heavy (non-hydrogen) atoms. The molecule has 0 fully saturated rings. The van der Waals surface area contributed by atoms with Crippen LogP contribution in [0.1, 0.15) is 17.3 Å². The SMILES string of the molecule is c1ccc(OCC2CN(Cc3ccoc3)Cc3cncn32)nc1. The van der Waals surface area contributed by atoms with Crippen molar-refractivity contribution < 1.29 is 9.15 Å². The molecule has 4 rings (SSSR count). The van der Waals surface area contributed by atoms with Crippen LogP contribution in [0.15, 0.2) is 59.9 Å². The number of rotatable bonds is 5. The maximum atomic E-state index is 5.85. The lowest BCUT2D eigenvalue weighted by molar-refractivity contribution is 0.134. The molecule has 4 heterocycles. The van der Waals surface area contributed by atoms with Gasteiger partial charge in [-0.05, 0) is 12.1 Å². The number of aromatic nitrogens is 3. The normalized spacial score (nSPS) is 17.8. The molecule has 0 N–H and O–H groups in total. The quantitative estimate of drug-likeness (QED) is 0.725. The highest BCUT2D eigenvalue weighted by molar-refractivity contribution is 5.11. The average molecular weight is 310 g/mol. The van der Waals surface area contributed by atoms with Gasteiger partial charge in [-0.1, -0.05) is 6.07 Å². The number of hydrogen-bond donors (Lipinski definition) is 0. The molecule has 0 spiro atoms. The van der Waals surface area contributed by atoms with Gasteiger partial charge in [0.1, 0.15) is 6.61 Å². The van der Waals surface area contributed by atoms with Crippen LogP contribution in [0.3, 0.4) is 0 Å². The molecule has 6 heteroatoms. The molecule has 118 valence electrons. The van der Waals surface area contributed by atoms with Crippen molar-refractivity contribution in [1.29, 1.82) is 0 Å². The van der Waals surface area contributed by atoms with Crippen LogP contribution >= 0.6 is 0 Å². The zero-order valence-electron chi connectivity index (χ0n) is 12.7. The summed E-state index contributed by atoms with van der Waals surface area (Å²) >= 11 is 0. The van der Waals surface area contributed by atoms with E-state index < -0.39 is 0 Å². The molecular formula is C17H18N4O2. The molecule has 0 aliphatic carbocycles. The van der Waals surface area contributed by atoms with Gasteiger partial charge in [0.2, 0.25) is 5.88 Å². The summed E-state index contributed by atoms with van der Waals surface area (Å²) < 4.78 is 13.2. The maximum absolute atomic E-state index is 5.85. The van der Waals surface area contributed by atoms with E-state index in [9.17, 15) is 0 Å². The summed E-state index contributed by atoms with van der Waals surface area (Å²) in [6.07, 6.45) is 9.06. The molecule has 3 aromatic rings. The molecule has 6 nitrogen and oxygen atoms in total. The minimum absolute atomic E-state index is 0.218. The smallest absolute Gasteiger partial charge is 0.213 e. The third-order valence-corrected chi connectivity index (χ3v) is 4.04. The zero-order chi connectivity index (χ0) is 15.5. The van der Waals surface area contributed by atoms with Gasteiger partial charge in [-0.3, -0.25) is 4.90 Å². The monoisotopic (exact) mass is 310 g/mol. The van der Waals surface area contributed by atoms with Crippen molar-refractivity contribution in [2.75, 3.05) is 13.2 Å². The van der Waals surface area contributed by atoms with E-state index >= 15 is 0 Å². The Morgan fingerprint density at radius 1 is 1.30 bits per heavy atom. The van der Waals surface area contributed by atoms with Gasteiger partial charge in [-0.25, -0.2) is 9.97 Å². The summed E-state index contributed by atoms with van der Waals surface area (Å²) in [5.41, 5.74) is 2.39. The average Bonchev–Trinajstić information content (AvgIpc) is 3.25. The lowest BCUT2D eigenvalue weighted by Crippen LogP contribution is -2.38. The van der Waals surface area contributed by atoms with Crippen LogP contribution in [0.4, 0.5) is 0 Å². The summed E-state index contributed by atoms with van der Waals surface area (Å²) in [5.74, 6) is 0.654. The Labute approximate surface area is 134 Å². The third-order valence-electron chi connectivity index (χ3n) is 4.04. The molecule has 3 aromatic heterocycles. The fourth-order valence-electron chi connectivity index (χ4n) is 2.97. The fraction of sp³-hybridized carbons (Fsp3) is 0.294. The Hall–Kier alpha value is -2.60. The molecule has 0 radical (unpaired) electrons. The minimum Gasteiger partial charge on any atom is -0.475 e. The number of pyridine rings is 1.